The Morgan fingerprint density at radius 2 is 2.10 bits per heavy atom. The topological polar surface area (TPSA) is 50.3 Å². The van der Waals surface area contributed by atoms with E-state index in [9.17, 15) is 0 Å². The largest absolute Gasteiger partial charge is 0.378 e. The molecule has 20 heavy (non-hydrogen) atoms. The molecular formula is C14H24N4OS. The molecule has 2 rings (SSSR count). The molecule has 5 nitrogen and oxygen atoms in total. The second-order valence-corrected chi connectivity index (χ2v) is 5.54. The normalized spacial score (nSPS) is 16.4. The van der Waals surface area contributed by atoms with Gasteiger partial charge in [-0.1, -0.05) is 11.8 Å². The van der Waals surface area contributed by atoms with Crippen LogP contribution in [0.5, 0.6) is 0 Å². The average Bonchev–Trinajstić information content (AvgIpc) is 2.48. The highest BCUT2D eigenvalue weighted by atomic mass is 32.2. The Bertz CT molecular complexity index is 422. The fraction of sp³-hybridized carbons (Fsp3) is 0.714. The lowest BCUT2D eigenvalue weighted by Crippen LogP contribution is -2.37. The number of thioether (sulfide) groups is 1. The van der Waals surface area contributed by atoms with Crippen LogP contribution in [-0.4, -0.2) is 48.6 Å². The first-order valence-corrected chi connectivity index (χ1v) is 8.52. The summed E-state index contributed by atoms with van der Waals surface area (Å²) in [7, 11) is 0. The molecule has 1 aliphatic heterocycles. The van der Waals surface area contributed by atoms with Crippen molar-refractivity contribution in [3.63, 3.8) is 0 Å². The quantitative estimate of drug-likeness (QED) is 0.643. The van der Waals surface area contributed by atoms with Crippen molar-refractivity contribution in [2.75, 3.05) is 42.7 Å². The molecule has 112 valence electrons. The van der Waals surface area contributed by atoms with Crippen molar-refractivity contribution in [3.05, 3.63) is 6.07 Å². The summed E-state index contributed by atoms with van der Waals surface area (Å²) < 4.78 is 5.70. The van der Waals surface area contributed by atoms with Crippen molar-refractivity contribution in [1.82, 2.24) is 9.97 Å². The number of nitrogens with zero attached hydrogens (tertiary/aromatic N) is 3. The van der Waals surface area contributed by atoms with Crippen molar-refractivity contribution in [3.8, 4) is 0 Å². The zero-order valence-electron chi connectivity index (χ0n) is 12.6. The molecule has 0 radical (unpaired) electrons. The lowest BCUT2D eigenvalue weighted by Gasteiger charge is -2.32. The number of aromatic nitrogens is 2. The van der Waals surface area contributed by atoms with Crippen LogP contribution in [0.1, 0.15) is 26.7 Å². The molecule has 1 saturated heterocycles. The highest BCUT2D eigenvalue weighted by molar-refractivity contribution is 7.98. The molecule has 0 atom stereocenters. The van der Waals surface area contributed by atoms with Gasteiger partial charge < -0.3 is 15.0 Å². The molecule has 1 aromatic rings. The van der Waals surface area contributed by atoms with Gasteiger partial charge in [0, 0.05) is 32.3 Å². The molecule has 0 spiro atoms. The van der Waals surface area contributed by atoms with E-state index in [2.05, 4.69) is 34.0 Å². The minimum absolute atomic E-state index is 0.409. The predicted molar refractivity (Wildman–Crippen MR) is 84.8 cm³/mol. The van der Waals surface area contributed by atoms with E-state index in [0.717, 1.165) is 55.9 Å². The second kappa shape index (κ2) is 7.69. The van der Waals surface area contributed by atoms with Crippen LogP contribution in [0.25, 0.3) is 0 Å². The fourth-order valence-corrected chi connectivity index (χ4v) is 2.80. The summed E-state index contributed by atoms with van der Waals surface area (Å²) in [6, 6.07) is 2.05. The maximum atomic E-state index is 5.70. The van der Waals surface area contributed by atoms with Crippen LogP contribution in [-0.2, 0) is 4.74 Å². The van der Waals surface area contributed by atoms with Gasteiger partial charge >= 0.3 is 0 Å². The van der Waals surface area contributed by atoms with Gasteiger partial charge in [-0.15, -0.1) is 0 Å². The van der Waals surface area contributed by atoms with E-state index >= 15 is 0 Å². The Hall–Kier alpha value is -1.01. The van der Waals surface area contributed by atoms with Crippen LogP contribution < -0.4 is 10.2 Å². The average molecular weight is 296 g/mol. The third-order valence-electron chi connectivity index (χ3n) is 3.40. The molecule has 0 amide bonds. The summed E-state index contributed by atoms with van der Waals surface area (Å²) in [5, 5.41) is 4.10. The van der Waals surface area contributed by atoms with Gasteiger partial charge in [0.1, 0.15) is 11.6 Å². The van der Waals surface area contributed by atoms with Crippen molar-refractivity contribution in [1.29, 1.82) is 0 Å². The molecule has 1 fully saturated rings. The number of hydrogen-bond donors (Lipinski definition) is 1. The van der Waals surface area contributed by atoms with Crippen molar-refractivity contribution in [2.24, 2.45) is 0 Å². The summed E-state index contributed by atoms with van der Waals surface area (Å²) in [5.41, 5.74) is 0. The molecule has 0 unspecified atom stereocenters. The summed E-state index contributed by atoms with van der Waals surface area (Å²) in [6.45, 7) is 7.82. The number of hydrogen-bond acceptors (Lipinski definition) is 6. The Morgan fingerprint density at radius 3 is 2.70 bits per heavy atom. The van der Waals surface area contributed by atoms with Crippen LogP contribution in [0, 0.1) is 0 Å². The summed E-state index contributed by atoms with van der Waals surface area (Å²) >= 11 is 1.58. The van der Waals surface area contributed by atoms with Crippen LogP contribution in [0.3, 0.4) is 0 Å². The number of anilines is 2. The SMILES string of the molecule is CCNc1cc(N2CCC(OCC)CC2)nc(SC)n1. The van der Waals surface area contributed by atoms with Gasteiger partial charge in [0.15, 0.2) is 5.16 Å². The van der Waals surface area contributed by atoms with Gasteiger partial charge in [-0.2, -0.15) is 0 Å². The molecule has 0 aromatic carbocycles. The number of rotatable bonds is 6. The second-order valence-electron chi connectivity index (χ2n) is 4.77. The molecule has 1 N–H and O–H groups in total. The maximum Gasteiger partial charge on any atom is 0.191 e. The van der Waals surface area contributed by atoms with Crippen molar-refractivity contribution < 1.29 is 4.74 Å². The summed E-state index contributed by atoms with van der Waals surface area (Å²) in [6.07, 6.45) is 4.56. The number of piperidine rings is 1. The van der Waals surface area contributed by atoms with Crippen LogP contribution in [0.15, 0.2) is 11.2 Å². The third-order valence-corrected chi connectivity index (χ3v) is 3.95. The molecule has 0 saturated carbocycles. The minimum atomic E-state index is 0.409. The molecule has 0 aliphatic carbocycles. The molecule has 2 heterocycles. The van der Waals surface area contributed by atoms with Gasteiger partial charge in [0.05, 0.1) is 6.10 Å². The van der Waals surface area contributed by atoms with Crippen molar-refractivity contribution in [2.45, 2.75) is 37.9 Å². The van der Waals surface area contributed by atoms with Crippen LogP contribution in [0.4, 0.5) is 11.6 Å². The summed E-state index contributed by atoms with van der Waals surface area (Å²) in [5.74, 6) is 1.93. The smallest absolute Gasteiger partial charge is 0.191 e. The van der Waals surface area contributed by atoms with Crippen LogP contribution >= 0.6 is 11.8 Å². The molecule has 6 heteroatoms. The predicted octanol–water partition coefficient (Wildman–Crippen LogP) is 2.64. The summed E-state index contributed by atoms with van der Waals surface area (Å²) in [4.78, 5) is 11.4. The zero-order valence-corrected chi connectivity index (χ0v) is 13.4. The van der Waals surface area contributed by atoms with Crippen LogP contribution in [0.2, 0.25) is 0 Å². The molecule has 1 aliphatic rings. The molecular weight excluding hydrogens is 272 g/mol. The number of ether oxygens (including phenoxy) is 1. The fourth-order valence-electron chi connectivity index (χ4n) is 2.43. The Balaban J connectivity index is 2.06. The standard InChI is InChI=1S/C14H24N4OS/c1-4-15-12-10-13(17-14(16-12)20-3)18-8-6-11(7-9-18)19-5-2/h10-11H,4-9H2,1-3H3,(H,15,16,17). The van der Waals surface area contributed by atoms with Gasteiger partial charge in [-0.05, 0) is 32.9 Å². The molecule has 0 bridgehead atoms. The Morgan fingerprint density at radius 1 is 1.35 bits per heavy atom. The third kappa shape index (κ3) is 3.99. The first-order valence-electron chi connectivity index (χ1n) is 7.30. The lowest BCUT2D eigenvalue weighted by atomic mass is 10.1. The van der Waals surface area contributed by atoms with Gasteiger partial charge in [-0.25, -0.2) is 9.97 Å². The Labute approximate surface area is 125 Å². The van der Waals surface area contributed by atoms with E-state index in [1.807, 2.05) is 12.3 Å². The highest BCUT2D eigenvalue weighted by Crippen LogP contribution is 2.24. The minimum Gasteiger partial charge on any atom is -0.378 e. The van der Waals surface area contributed by atoms with E-state index in [4.69, 9.17) is 4.74 Å². The monoisotopic (exact) mass is 296 g/mol. The van der Waals surface area contributed by atoms with Gasteiger partial charge in [-0.3, -0.25) is 0 Å². The van der Waals surface area contributed by atoms with E-state index in [0.29, 0.717) is 6.10 Å². The zero-order chi connectivity index (χ0) is 14.4. The lowest BCUT2D eigenvalue weighted by molar-refractivity contribution is 0.0458. The van der Waals surface area contributed by atoms with Gasteiger partial charge in [0.25, 0.3) is 0 Å². The first kappa shape index (κ1) is 15.4. The first-order chi connectivity index (χ1) is 9.76. The highest BCUT2D eigenvalue weighted by Gasteiger charge is 2.21. The van der Waals surface area contributed by atoms with E-state index in [1.165, 1.54) is 0 Å². The maximum absolute atomic E-state index is 5.70. The Kier molecular flexibility index (Phi) is 5.91. The number of nitrogens with one attached hydrogen (secondary N) is 1. The molecule has 1 aromatic heterocycles. The van der Waals surface area contributed by atoms with E-state index < -0.39 is 0 Å². The van der Waals surface area contributed by atoms with E-state index in [-0.39, 0.29) is 0 Å². The van der Waals surface area contributed by atoms with Gasteiger partial charge in [0.2, 0.25) is 0 Å². The van der Waals surface area contributed by atoms with E-state index in [1.54, 1.807) is 11.8 Å². The van der Waals surface area contributed by atoms with Crippen molar-refractivity contribution >= 4 is 23.4 Å².